The number of fused-ring (bicyclic) bond motifs is 5. The van der Waals surface area contributed by atoms with Gasteiger partial charge < -0.3 is 13.9 Å². The van der Waals surface area contributed by atoms with Crippen LogP contribution < -0.4 is 0 Å². The zero-order valence-corrected chi connectivity index (χ0v) is 24.9. The molecule has 0 bridgehead atoms. The maximum absolute atomic E-state index is 6.93. The van der Waals surface area contributed by atoms with Crippen molar-refractivity contribution in [2.24, 2.45) is 40.4 Å². The van der Waals surface area contributed by atoms with Crippen molar-refractivity contribution in [1.29, 1.82) is 0 Å². The average molecular weight is 501 g/mol. The molecule has 0 radical (unpaired) electrons. The first kappa shape index (κ1) is 26.2. The van der Waals surface area contributed by atoms with Gasteiger partial charge in [0.15, 0.2) is 14.1 Å². The van der Waals surface area contributed by atoms with Gasteiger partial charge in [0.05, 0.1) is 13.2 Å². The first-order valence-corrected chi connectivity index (χ1v) is 17.5. The molecule has 0 aromatic carbocycles. The number of rotatable bonds is 4. The van der Waals surface area contributed by atoms with Crippen LogP contribution in [0.4, 0.5) is 0 Å². The molecule has 0 aromatic heterocycles. The van der Waals surface area contributed by atoms with Gasteiger partial charge in [0, 0.05) is 18.4 Å². The van der Waals surface area contributed by atoms with E-state index in [1.807, 2.05) is 0 Å². The van der Waals surface area contributed by atoms with Gasteiger partial charge in [-0.2, -0.15) is 0 Å². The fraction of sp³-hybridized carbons (Fsp3) is 0.871. The standard InChI is InChI=1S/C31H52O3Si/c1-10-21(2)27-30(7)16-14-25-24(26(30)20-31(27)32-17-18-33-31)12-11-22-19-23(13-15-29(22,25)6)34-35(8,9)28(3,4)5/h10-11,21,23-27H,1,12-20H2,2-9H3/t21-,23+,24?,25?,26?,27?,29+,30+/m1/s1. The summed E-state index contributed by atoms with van der Waals surface area (Å²) in [5.74, 6) is 2.63. The predicted molar refractivity (Wildman–Crippen MR) is 147 cm³/mol. The first-order valence-electron chi connectivity index (χ1n) is 14.6. The minimum absolute atomic E-state index is 0.267. The van der Waals surface area contributed by atoms with Crippen LogP contribution in [0.3, 0.4) is 0 Å². The molecule has 35 heavy (non-hydrogen) atoms. The van der Waals surface area contributed by atoms with E-state index in [1.54, 1.807) is 5.57 Å². The van der Waals surface area contributed by atoms with Crippen molar-refractivity contribution in [1.82, 2.24) is 0 Å². The molecule has 0 aromatic rings. The highest BCUT2D eigenvalue weighted by atomic mass is 28.4. The molecule has 3 nitrogen and oxygen atoms in total. The molecular weight excluding hydrogens is 448 g/mol. The Morgan fingerprint density at radius 2 is 1.80 bits per heavy atom. The van der Waals surface area contributed by atoms with Gasteiger partial charge in [0.1, 0.15) is 0 Å². The van der Waals surface area contributed by atoms with E-state index < -0.39 is 8.32 Å². The van der Waals surface area contributed by atoms with Crippen LogP contribution in [0.15, 0.2) is 24.3 Å². The summed E-state index contributed by atoms with van der Waals surface area (Å²) in [4.78, 5) is 0. The zero-order chi connectivity index (χ0) is 25.4. The van der Waals surface area contributed by atoms with Gasteiger partial charge in [-0.3, -0.25) is 0 Å². The van der Waals surface area contributed by atoms with Crippen LogP contribution >= 0.6 is 0 Å². The molecule has 1 saturated heterocycles. The molecule has 4 fully saturated rings. The van der Waals surface area contributed by atoms with Crippen molar-refractivity contribution in [2.45, 2.75) is 117 Å². The molecule has 1 spiro atoms. The van der Waals surface area contributed by atoms with Gasteiger partial charge in [-0.1, -0.05) is 59.3 Å². The minimum atomic E-state index is -1.74. The Morgan fingerprint density at radius 1 is 1.11 bits per heavy atom. The fourth-order valence-electron chi connectivity index (χ4n) is 9.28. The number of allylic oxidation sites excluding steroid dienone is 2. The van der Waals surface area contributed by atoms with E-state index >= 15 is 0 Å². The van der Waals surface area contributed by atoms with Crippen LogP contribution in [0.25, 0.3) is 0 Å². The SMILES string of the molecule is C=C[C@@H](C)C1C2(CC3C4CC=C5C[C@@H](O[Si](C)(C)C(C)(C)C)CC[C@]5(C)C4CC[C@@]31C)OCCO2. The van der Waals surface area contributed by atoms with Gasteiger partial charge in [-0.05, 0) is 91.2 Å². The van der Waals surface area contributed by atoms with Crippen LogP contribution in [0.2, 0.25) is 18.1 Å². The highest BCUT2D eigenvalue weighted by Crippen LogP contribution is 2.70. The molecule has 1 heterocycles. The van der Waals surface area contributed by atoms with Crippen molar-refractivity contribution in [3.63, 3.8) is 0 Å². The van der Waals surface area contributed by atoms with Crippen molar-refractivity contribution < 1.29 is 13.9 Å². The topological polar surface area (TPSA) is 27.7 Å². The molecule has 0 N–H and O–H groups in total. The summed E-state index contributed by atoms with van der Waals surface area (Å²) in [6.07, 6.45) is 13.8. The molecule has 198 valence electrons. The van der Waals surface area contributed by atoms with Crippen LogP contribution in [0.5, 0.6) is 0 Å². The van der Waals surface area contributed by atoms with E-state index in [2.05, 4.69) is 73.4 Å². The third-order valence-electron chi connectivity index (χ3n) is 12.1. The van der Waals surface area contributed by atoms with Crippen molar-refractivity contribution in [3.8, 4) is 0 Å². The third kappa shape index (κ3) is 3.91. The molecule has 8 atom stereocenters. The highest BCUT2D eigenvalue weighted by molar-refractivity contribution is 6.74. The van der Waals surface area contributed by atoms with Gasteiger partial charge in [0.25, 0.3) is 0 Å². The summed E-state index contributed by atoms with van der Waals surface area (Å²) in [5.41, 5.74) is 2.32. The maximum atomic E-state index is 6.93. The largest absolute Gasteiger partial charge is 0.414 e. The Bertz CT molecular complexity index is 865. The Morgan fingerprint density at radius 3 is 2.43 bits per heavy atom. The molecule has 5 rings (SSSR count). The van der Waals surface area contributed by atoms with Crippen molar-refractivity contribution >= 4 is 8.32 Å². The van der Waals surface area contributed by atoms with E-state index in [4.69, 9.17) is 13.9 Å². The van der Waals surface area contributed by atoms with Crippen molar-refractivity contribution in [3.05, 3.63) is 24.3 Å². The van der Waals surface area contributed by atoms with Gasteiger partial charge in [-0.25, -0.2) is 0 Å². The second-order valence-electron chi connectivity index (χ2n) is 14.8. The second-order valence-corrected chi connectivity index (χ2v) is 19.6. The van der Waals surface area contributed by atoms with Gasteiger partial charge >= 0.3 is 0 Å². The molecular formula is C31H52O3Si. The molecule has 4 unspecified atom stereocenters. The lowest BCUT2D eigenvalue weighted by molar-refractivity contribution is -0.201. The first-order chi connectivity index (χ1) is 16.3. The molecule has 3 saturated carbocycles. The third-order valence-corrected chi connectivity index (χ3v) is 16.7. The summed E-state index contributed by atoms with van der Waals surface area (Å²) in [6.45, 7) is 25.1. The van der Waals surface area contributed by atoms with Crippen LogP contribution in [-0.2, 0) is 13.9 Å². The normalized spacial score (nSPS) is 43.8. The van der Waals surface area contributed by atoms with E-state index in [-0.39, 0.29) is 16.2 Å². The summed E-state index contributed by atoms with van der Waals surface area (Å²) in [7, 11) is -1.74. The summed E-state index contributed by atoms with van der Waals surface area (Å²) < 4.78 is 19.9. The summed E-state index contributed by atoms with van der Waals surface area (Å²) in [5, 5.41) is 0.273. The lowest BCUT2D eigenvalue weighted by Gasteiger charge is -2.58. The number of hydrogen-bond acceptors (Lipinski definition) is 3. The Labute approximate surface area is 216 Å². The smallest absolute Gasteiger partial charge is 0.192 e. The Hall–Kier alpha value is -0.423. The van der Waals surface area contributed by atoms with E-state index in [0.29, 0.717) is 29.3 Å². The molecule has 0 amide bonds. The van der Waals surface area contributed by atoms with E-state index in [9.17, 15) is 0 Å². The van der Waals surface area contributed by atoms with E-state index in [1.165, 1.54) is 32.1 Å². The highest BCUT2D eigenvalue weighted by Gasteiger charge is 2.68. The monoisotopic (exact) mass is 500 g/mol. The number of hydrogen-bond donors (Lipinski definition) is 0. The summed E-state index contributed by atoms with van der Waals surface area (Å²) in [6, 6.07) is 0. The maximum Gasteiger partial charge on any atom is 0.192 e. The Balaban J connectivity index is 1.40. The molecule has 4 aliphatic carbocycles. The number of ether oxygens (including phenoxy) is 2. The predicted octanol–water partition coefficient (Wildman–Crippen LogP) is 8.13. The molecule has 4 heteroatoms. The fourth-order valence-corrected chi connectivity index (χ4v) is 10.7. The van der Waals surface area contributed by atoms with E-state index in [0.717, 1.165) is 37.9 Å². The second kappa shape index (κ2) is 8.54. The quantitative estimate of drug-likeness (QED) is 0.288. The Kier molecular flexibility index (Phi) is 6.40. The van der Waals surface area contributed by atoms with Crippen LogP contribution in [0, 0.1) is 40.4 Å². The van der Waals surface area contributed by atoms with Gasteiger partial charge in [0.2, 0.25) is 0 Å². The van der Waals surface area contributed by atoms with Crippen molar-refractivity contribution in [2.75, 3.05) is 13.2 Å². The molecule has 5 aliphatic rings. The van der Waals surface area contributed by atoms with Crippen LogP contribution in [0.1, 0.15) is 86.5 Å². The zero-order valence-electron chi connectivity index (χ0n) is 23.9. The minimum Gasteiger partial charge on any atom is -0.414 e. The van der Waals surface area contributed by atoms with Crippen LogP contribution in [-0.4, -0.2) is 33.4 Å². The summed E-state index contributed by atoms with van der Waals surface area (Å²) >= 11 is 0. The average Bonchev–Trinajstić information content (AvgIpc) is 3.34. The lowest BCUT2D eigenvalue weighted by atomic mass is 9.47. The lowest BCUT2D eigenvalue weighted by Crippen LogP contribution is -2.52. The molecule has 1 aliphatic heterocycles. The van der Waals surface area contributed by atoms with Gasteiger partial charge in [-0.15, -0.1) is 6.58 Å².